The Hall–Kier alpha value is -0.920. The van der Waals surface area contributed by atoms with E-state index in [9.17, 15) is 26.7 Å². The molecule has 0 saturated heterocycles. The van der Waals surface area contributed by atoms with Crippen molar-refractivity contribution in [2.75, 3.05) is 6.61 Å². The maximum absolute atomic E-state index is 12.6. The van der Waals surface area contributed by atoms with E-state index in [0.717, 1.165) is 0 Å². The van der Waals surface area contributed by atoms with Crippen molar-refractivity contribution in [2.24, 2.45) is 0 Å². The maximum Gasteiger partial charge on any atom is 0.463 e. The van der Waals surface area contributed by atoms with Gasteiger partial charge in [-0.2, -0.15) is 22.0 Å². The monoisotopic (exact) mass is 263 g/mol. The Bertz CT molecular complexity index is 265. The highest BCUT2D eigenvalue weighted by Crippen LogP contribution is 2.36. The van der Waals surface area contributed by atoms with Crippen LogP contribution in [0.5, 0.6) is 0 Å². The second-order valence-electron chi connectivity index (χ2n) is 3.67. The molecule has 2 N–H and O–H groups in total. The number of hydrogen-bond donors (Lipinski definition) is 2. The molecule has 0 aromatic rings. The SMILES string of the molecule is CCC(CC)(CO)NC(=O)C(F)(F)C(F)(F)F. The fraction of sp³-hybridized carbons (Fsp3) is 0.889. The Kier molecular flexibility index (Phi) is 4.88. The van der Waals surface area contributed by atoms with E-state index >= 15 is 0 Å². The molecule has 17 heavy (non-hydrogen) atoms. The number of aliphatic hydroxyl groups excluding tert-OH is 1. The number of nitrogens with one attached hydrogen (secondary N) is 1. The van der Waals surface area contributed by atoms with Crippen molar-refractivity contribution < 1.29 is 31.9 Å². The number of aliphatic hydroxyl groups is 1. The van der Waals surface area contributed by atoms with E-state index in [-0.39, 0.29) is 12.8 Å². The predicted octanol–water partition coefficient (Wildman–Crippen LogP) is 1.85. The second kappa shape index (κ2) is 5.16. The molecule has 0 spiro atoms. The van der Waals surface area contributed by atoms with Gasteiger partial charge in [-0.15, -0.1) is 0 Å². The first-order valence-electron chi connectivity index (χ1n) is 4.94. The van der Waals surface area contributed by atoms with Gasteiger partial charge in [0, 0.05) is 0 Å². The van der Waals surface area contributed by atoms with Crippen molar-refractivity contribution in [1.82, 2.24) is 5.32 Å². The Morgan fingerprint density at radius 3 is 1.76 bits per heavy atom. The lowest BCUT2D eigenvalue weighted by atomic mass is 9.93. The van der Waals surface area contributed by atoms with Gasteiger partial charge in [0.05, 0.1) is 12.1 Å². The van der Waals surface area contributed by atoms with Gasteiger partial charge in [-0.3, -0.25) is 4.79 Å². The molecular weight excluding hydrogens is 249 g/mol. The highest BCUT2D eigenvalue weighted by molar-refractivity contribution is 5.85. The average molecular weight is 263 g/mol. The topological polar surface area (TPSA) is 49.3 Å². The first-order valence-corrected chi connectivity index (χ1v) is 4.94. The van der Waals surface area contributed by atoms with Crippen LogP contribution >= 0.6 is 0 Å². The molecule has 8 heteroatoms. The molecule has 0 aliphatic heterocycles. The summed E-state index contributed by atoms with van der Waals surface area (Å²) in [5.41, 5.74) is -1.45. The van der Waals surface area contributed by atoms with Crippen molar-refractivity contribution in [3.8, 4) is 0 Å². The van der Waals surface area contributed by atoms with Gasteiger partial charge in [-0.05, 0) is 12.8 Å². The van der Waals surface area contributed by atoms with Crippen molar-refractivity contribution in [3.63, 3.8) is 0 Å². The highest BCUT2D eigenvalue weighted by atomic mass is 19.4. The van der Waals surface area contributed by atoms with E-state index in [1.165, 1.54) is 13.8 Å². The number of amides is 1. The van der Waals surface area contributed by atoms with Crippen molar-refractivity contribution >= 4 is 5.91 Å². The number of alkyl halides is 5. The largest absolute Gasteiger partial charge is 0.463 e. The molecule has 0 saturated carbocycles. The average Bonchev–Trinajstić information content (AvgIpc) is 2.24. The third-order valence-electron chi connectivity index (χ3n) is 2.68. The molecule has 0 aromatic heterocycles. The number of carbonyl (C=O) groups excluding carboxylic acids is 1. The van der Waals surface area contributed by atoms with Gasteiger partial charge in [-0.1, -0.05) is 13.8 Å². The van der Waals surface area contributed by atoms with Crippen molar-refractivity contribution in [3.05, 3.63) is 0 Å². The summed E-state index contributed by atoms with van der Waals surface area (Å²) >= 11 is 0. The minimum absolute atomic E-state index is 0.0413. The van der Waals surface area contributed by atoms with E-state index in [1.54, 1.807) is 5.32 Å². The molecule has 0 heterocycles. The minimum Gasteiger partial charge on any atom is -0.394 e. The van der Waals surface area contributed by atoms with Gasteiger partial charge in [-0.25, -0.2) is 0 Å². The molecule has 0 radical (unpaired) electrons. The molecule has 0 aliphatic rings. The Labute approximate surface area is 95.0 Å². The van der Waals surface area contributed by atoms with E-state index < -0.39 is 30.2 Å². The van der Waals surface area contributed by atoms with Crippen LogP contribution in [0.2, 0.25) is 0 Å². The van der Waals surface area contributed by atoms with E-state index in [1.807, 2.05) is 0 Å². The lowest BCUT2D eigenvalue weighted by Gasteiger charge is -2.32. The van der Waals surface area contributed by atoms with Crippen LogP contribution < -0.4 is 5.32 Å². The van der Waals surface area contributed by atoms with Gasteiger partial charge < -0.3 is 10.4 Å². The van der Waals surface area contributed by atoms with Crippen LogP contribution in [-0.4, -0.2) is 35.3 Å². The third-order valence-corrected chi connectivity index (χ3v) is 2.68. The lowest BCUT2D eigenvalue weighted by molar-refractivity contribution is -0.270. The zero-order chi connectivity index (χ0) is 13.9. The summed E-state index contributed by atoms with van der Waals surface area (Å²) in [5.74, 6) is -7.90. The van der Waals surface area contributed by atoms with Crippen LogP contribution in [0.3, 0.4) is 0 Å². The summed E-state index contributed by atoms with van der Waals surface area (Å²) in [4.78, 5) is 10.9. The fourth-order valence-electron chi connectivity index (χ4n) is 1.14. The minimum atomic E-state index is -5.94. The summed E-state index contributed by atoms with van der Waals surface area (Å²) in [6, 6.07) is 0. The second-order valence-corrected chi connectivity index (χ2v) is 3.67. The predicted molar refractivity (Wildman–Crippen MR) is 49.5 cm³/mol. The van der Waals surface area contributed by atoms with E-state index in [4.69, 9.17) is 5.11 Å². The molecule has 0 atom stereocenters. The van der Waals surface area contributed by atoms with Gasteiger partial charge in [0.2, 0.25) is 0 Å². The van der Waals surface area contributed by atoms with Crippen LogP contribution in [0.1, 0.15) is 26.7 Å². The van der Waals surface area contributed by atoms with Gasteiger partial charge in [0.25, 0.3) is 0 Å². The number of rotatable bonds is 5. The molecule has 0 rings (SSSR count). The summed E-state index contributed by atoms with van der Waals surface area (Å²) in [5, 5.41) is 10.5. The molecule has 0 aromatic carbocycles. The highest BCUT2D eigenvalue weighted by Gasteiger charge is 2.64. The Morgan fingerprint density at radius 2 is 1.53 bits per heavy atom. The Balaban J connectivity index is 4.97. The van der Waals surface area contributed by atoms with Crippen LogP contribution in [0.4, 0.5) is 22.0 Å². The summed E-state index contributed by atoms with van der Waals surface area (Å²) < 4.78 is 61.0. The molecule has 0 fully saturated rings. The summed E-state index contributed by atoms with van der Waals surface area (Å²) in [7, 11) is 0. The smallest absolute Gasteiger partial charge is 0.394 e. The van der Waals surface area contributed by atoms with Gasteiger partial charge in [0.1, 0.15) is 0 Å². The van der Waals surface area contributed by atoms with E-state index in [0.29, 0.717) is 0 Å². The van der Waals surface area contributed by atoms with Crippen LogP contribution in [-0.2, 0) is 4.79 Å². The third kappa shape index (κ3) is 3.27. The number of carbonyl (C=O) groups is 1. The maximum atomic E-state index is 12.6. The fourth-order valence-corrected chi connectivity index (χ4v) is 1.14. The zero-order valence-electron chi connectivity index (χ0n) is 9.37. The normalized spacial score (nSPS) is 13.6. The number of hydrogen-bond acceptors (Lipinski definition) is 2. The van der Waals surface area contributed by atoms with Crippen molar-refractivity contribution in [2.45, 2.75) is 44.3 Å². The lowest BCUT2D eigenvalue weighted by Crippen LogP contribution is -2.59. The molecule has 1 amide bonds. The zero-order valence-corrected chi connectivity index (χ0v) is 9.37. The summed E-state index contributed by atoms with van der Waals surface area (Å²) in [6.07, 6.45) is -5.86. The first kappa shape index (κ1) is 16.1. The molecular formula is C9H14F5NO2. The quantitative estimate of drug-likeness (QED) is 0.744. The molecule has 102 valence electrons. The molecule has 0 bridgehead atoms. The Morgan fingerprint density at radius 1 is 1.12 bits per heavy atom. The van der Waals surface area contributed by atoms with Crippen LogP contribution in [0.25, 0.3) is 0 Å². The van der Waals surface area contributed by atoms with Gasteiger partial charge in [0.15, 0.2) is 0 Å². The van der Waals surface area contributed by atoms with Crippen molar-refractivity contribution in [1.29, 1.82) is 0 Å². The standard InChI is InChI=1S/C9H14F5NO2/c1-3-7(4-2,5-16)15-6(17)8(10,11)9(12,13)14/h16H,3-5H2,1-2H3,(H,15,17). The van der Waals surface area contributed by atoms with Crippen LogP contribution in [0, 0.1) is 0 Å². The van der Waals surface area contributed by atoms with Crippen LogP contribution in [0.15, 0.2) is 0 Å². The summed E-state index contributed by atoms with van der Waals surface area (Å²) in [6.45, 7) is 2.22. The molecule has 3 nitrogen and oxygen atoms in total. The molecule has 0 unspecified atom stereocenters. The molecule has 0 aliphatic carbocycles. The van der Waals surface area contributed by atoms with Gasteiger partial charge >= 0.3 is 18.0 Å². The number of halogens is 5. The first-order chi connectivity index (χ1) is 7.56. The van der Waals surface area contributed by atoms with E-state index in [2.05, 4.69) is 0 Å².